The van der Waals surface area contributed by atoms with Gasteiger partial charge in [-0.3, -0.25) is 4.99 Å². The molecule has 0 spiro atoms. The minimum Gasteiger partial charge on any atom is -0.359 e. The quantitative estimate of drug-likeness (QED) is 0.674. The number of allylic oxidation sites excluding steroid dienone is 2. The molecule has 1 aliphatic rings. The summed E-state index contributed by atoms with van der Waals surface area (Å²) < 4.78 is 0. The molecule has 1 aliphatic heterocycles. The zero-order valence-electron chi connectivity index (χ0n) is 7.83. The number of nitrogens with zero attached hydrogens (tertiary/aromatic N) is 1. The number of hydrogen-bond donors (Lipinski definition) is 1. The molecule has 2 nitrogen and oxygen atoms in total. The zero-order valence-corrected chi connectivity index (χ0v) is 7.83. The van der Waals surface area contributed by atoms with Crippen LogP contribution in [0.3, 0.4) is 0 Å². The molecule has 2 heteroatoms. The lowest BCUT2D eigenvalue weighted by molar-refractivity contribution is 1.24. The van der Waals surface area contributed by atoms with Gasteiger partial charge in [0.2, 0.25) is 0 Å². The van der Waals surface area contributed by atoms with Crippen LogP contribution in [0, 0.1) is 13.8 Å². The lowest BCUT2D eigenvalue weighted by Gasteiger charge is -1.91. The van der Waals surface area contributed by atoms with Gasteiger partial charge in [0.15, 0.2) is 0 Å². The monoisotopic (exact) mass is 172 g/mol. The molecule has 0 atom stereocenters. The molecule has 1 aromatic rings. The van der Waals surface area contributed by atoms with E-state index in [2.05, 4.69) is 36.0 Å². The van der Waals surface area contributed by atoms with Crippen molar-refractivity contribution in [2.45, 2.75) is 13.8 Å². The summed E-state index contributed by atoms with van der Waals surface area (Å²) >= 11 is 0. The summed E-state index contributed by atoms with van der Waals surface area (Å²) in [6.07, 6.45) is 7.80. The van der Waals surface area contributed by atoms with Gasteiger partial charge in [-0.2, -0.15) is 0 Å². The fraction of sp³-hybridized carbons (Fsp3) is 0.182. The largest absolute Gasteiger partial charge is 0.359 e. The summed E-state index contributed by atoms with van der Waals surface area (Å²) in [5.41, 5.74) is 4.61. The Morgan fingerprint density at radius 2 is 2.23 bits per heavy atom. The molecule has 66 valence electrons. The van der Waals surface area contributed by atoms with Crippen LogP contribution in [-0.2, 0) is 0 Å². The van der Waals surface area contributed by atoms with Gasteiger partial charge in [0.1, 0.15) is 0 Å². The van der Waals surface area contributed by atoms with Crippen LogP contribution in [0.5, 0.6) is 0 Å². The third-order valence-corrected chi connectivity index (χ3v) is 2.06. The molecule has 0 amide bonds. The zero-order chi connectivity index (χ0) is 9.26. The van der Waals surface area contributed by atoms with Gasteiger partial charge in [-0.25, -0.2) is 0 Å². The maximum Gasteiger partial charge on any atom is 0.0650 e. The summed E-state index contributed by atoms with van der Waals surface area (Å²) in [5.74, 6) is 0. The molecule has 13 heavy (non-hydrogen) atoms. The van der Waals surface area contributed by atoms with Crippen molar-refractivity contribution in [3.05, 3.63) is 40.9 Å². The summed E-state index contributed by atoms with van der Waals surface area (Å²) in [6, 6.07) is 2.13. The second-order valence-corrected chi connectivity index (χ2v) is 3.26. The third-order valence-electron chi connectivity index (χ3n) is 2.06. The Kier molecular flexibility index (Phi) is 1.89. The normalized spacial score (nSPS) is 17.5. The molecule has 0 saturated heterocycles. The van der Waals surface area contributed by atoms with E-state index in [1.54, 1.807) is 6.21 Å². The van der Waals surface area contributed by atoms with E-state index < -0.39 is 0 Å². The van der Waals surface area contributed by atoms with Gasteiger partial charge in [0.25, 0.3) is 0 Å². The molecule has 0 unspecified atom stereocenters. The van der Waals surface area contributed by atoms with Crippen molar-refractivity contribution in [2.24, 2.45) is 4.99 Å². The van der Waals surface area contributed by atoms with Gasteiger partial charge >= 0.3 is 0 Å². The highest BCUT2D eigenvalue weighted by molar-refractivity contribution is 5.79. The smallest absolute Gasteiger partial charge is 0.0650 e. The van der Waals surface area contributed by atoms with Crippen LogP contribution >= 0.6 is 0 Å². The van der Waals surface area contributed by atoms with E-state index >= 15 is 0 Å². The molecule has 0 saturated carbocycles. The first-order chi connectivity index (χ1) is 6.25. The Bertz CT molecular complexity index is 392. The van der Waals surface area contributed by atoms with Crippen LogP contribution in [0.1, 0.15) is 17.0 Å². The average Bonchev–Trinajstić information content (AvgIpc) is 2.63. The fourth-order valence-electron chi connectivity index (χ4n) is 1.45. The molecule has 0 fully saturated rings. The van der Waals surface area contributed by atoms with Crippen molar-refractivity contribution < 1.29 is 0 Å². The van der Waals surface area contributed by atoms with Gasteiger partial charge in [-0.15, -0.1) is 0 Å². The van der Waals surface area contributed by atoms with Crippen LogP contribution in [0.25, 0.3) is 6.08 Å². The summed E-state index contributed by atoms with van der Waals surface area (Å²) in [5, 5.41) is 0. The van der Waals surface area contributed by atoms with E-state index in [4.69, 9.17) is 0 Å². The van der Waals surface area contributed by atoms with Crippen LogP contribution < -0.4 is 0 Å². The van der Waals surface area contributed by atoms with E-state index in [1.807, 2.05) is 12.2 Å². The molecule has 0 radical (unpaired) electrons. The first kappa shape index (κ1) is 8.05. The first-order valence-corrected chi connectivity index (χ1v) is 4.34. The predicted octanol–water partition coefficient (Wildman–Crippen LogP) is 2.61. The van der Waals surface area contributed by atoms with Crippen molar-refractivity contribution in [1.29, 1.82) is 0 Å². The second kappa shape index (κ2) is 3.05. The van der Waals surface area contributed by atoms with Gasteiger partial charge in [0.05, 0.1) is 5.70 Å². The molecule has 1 N–H and O–H groups in total. The summed E-state index contributed by atoms with van der Waals surface area (Å²) in [7, 11) is 0. The highest BCUT2D eigenvalue weighted by Gasteiger charge is 2.00. The molecular weight excluding hydrogens is 160 g/mol. The van der Waals surface area contributed by atoms with E-state index in [9.17, 15) is 0 Å². The number of hydrogen-bond acceptors (Lipinski definition) is 1. The van der Waals surface area contributed by atoms with Crippen molar-refractivity contribution in [3.63, 3.8) is 0 Å². The number of H-pyrrole nitrogens is 1. The lowest BCUT2D eigenvalue weighted by Crippen LogP contribution is -1.77. The number of aromatic nitrogens is 1. The number of rotatable bonds is 1. The lowest BCUT2D eigenvalue weighted by atomic mass is 10.2. The van der Waals surface area contributed by atoms with Crippen molar-refractivity contribution in [3.8, 4) is 0 Å². The number of nitrogens with one attached hydrogen (secondary N) is 1. The Labute approximate surface area is 77.7 Å². The standard InChI is InChI=1S/C11H12N2/c1-8-6-9(2)13-11(8)7-10-4-3-5-12-10/h3-7,13H,1-2H3/b10-7-. The van der Waals surface area contributed by atoms with Crippen LogP contribution in [0.2, 0.25) is 0 Å². The second-order valence-electron chi connectivity index (χ2n) is 3.26. The number of aryl methyl sites for hydroxylation is 2. The van der Waals surface area contributed by atoms with Crippen molar-refractivity contribution in [2.75, 3.05) is 0 Å². The molecule has 0 bridgehead atoms. The van der Waals surface area contributed by atoms with Crippen LogP contribution in [0.4, 0.5) is 0 Å². The number of aromatic amines is 1. The summed E-state index contributed by atoms with van der Waals surface area (Å²) in [4.78, 5) is 7.47. The maximum absolute atomic E-state index is 4.19. The van der Waals surface area contributed by atoms with Crippen molar-refractivity contribution in [1.82, 2.24) is 4.98 Å². The predicted molar refractivity (Wildman–Crippen MR) is 55.9 cm³/mol. The average molecular weight is 172 g/mol. The van der Waals surface area contributed by atoms with Gasteiger partial charge in [-0.1, -0.05) is 0 Å². The van der Waals surface area contributed by atoms with E-state index in [0.29, 0.717) is 0 Å². The van der Waals surface area contributed by atoms with Gasteiger partial charge < -0.3 is 4.98 Å². The van der Waals surface area contributed by atoms with Crippen LogP contribution in [0.15, 0.2) is 28.9 Å². The SMILES string of the molecule is Cc1cc(C)c(/C=C2/C=CC=N2)[nH]1. The summed E-state index contributed by atoms with van der Waals surface area (Å²) in [6.45, 7) is 4.15. The minimum absolute atomic E-state index is 1.00. The minimum atomic E-state index is 1.00. The van der Waals surface area contributed by atoms with E-state index in [-0.39, 0.29) is 0 Å². The Balaban J connectivity index is 2.36. The molecule has 0 aliphatic carbocycles. The highest BCUT2D eigenvalue weighted by Crippen LogP contribution is 2.15. The molecule has 2 heterocycles. The Morgan fingerprint density at radius 3 is 2.77 bits per heavy atom. The van der Waals surface area contributed by atoms with E-state index in [0.717, 1.165) is 11.4 Å². The number of aliphatic imine (C=N–C) groups is 1. The van der Waals surface area contributed by atoms with Gasteiger partial charge in [-0.05, 0) is 43.7 Å². The fourth-order valence-corrected chi connectivity index (χ4v) is 1.45. The van der Waals surface area contributed by atoms with Crippen molar-refractivity contribution >= 4 is 12.3 Å². The maximum atomic E-state index is 4.19. The Hall–Kier alpha value is -1.57. The van der Waals surface area contributed by atoms with Gasteiger partial charge in [0, 0.05) is 17.6 Å². The Morgan fingerprint density at radius 1 is 1.38 bits per heavy atom. The molecule has 1 aromatic heterocycles. The third kappa shape index (κ3) is 1.61. The van der Waals surface area contributed by atoms with E-state index in [1.165, 1.54) is 11.3 Å². The highest BCUT2D eigenvalue weighted by atomic mass is 14.8. The molecular formula is C11H12N2. The molecule has 0 aromatic carbocycles. The first-order valence-electron chi connectivity index (χ1n) is 4.34. The molecule has 2 rings (SSSR count). The topological polar surface area (TPSA) is 28.1 Å². The van der Waals surface area contributed by atoms with Crippen LogP contribution in [-0.4, -0.2) is 11.2 Å².